The highest BCUT2D eigenvalue weighted by Gasteiger charge is 2.39. The highest BCUT2D eigenvalue weighted by atomic mass is 16.5. The summed E-state index contributed by atoms with van der Waals surface area (Å²) in [7, 11) is 3.51. The van der Waals surface area contributed by atoms with Crippen molar-refractivity contribution in [1.29, 1.82) is 0 Å². The molecule has 10 heteroatoms. The molecule has 0 spiro atoms. The SMILES string of the molecule is COc1cnc(-c2ccc(-c3cnc(N(C)C4CC(C)(C)NC(C)(C)C4)nn3)c(O)c2)nn1. The third-order valence-corrected chi connectivity index (χ3v) is 5.86. The van der Waals surface area contributed by atoms with E-state index < -0.39 is 0 Å². The van der Waals surface area contributed by atoms with Crippen molar-refractivity contribution in [1.82, 2.24) is 35.7 Å². The van der Waals surface area contributed by atoms with E-state index >= 15 is 0 Å². The first kappa shape index (κ1) is 22.8. The first-order valence-electron chi connectivity index (χ1n) is 10.9. The number of nitrogens with one attached hydrogen (secondary N) is 1. The predicted molar refractivity (Wildman–Crippen MR) is 125 cm³/mol. The Morgan fingerprint density at radius 1 is 1.00 bits per heavy atom. The molecule has 174 valence electrons. The number of phenolic OH excluding ortho intramolecular Hbond substituents is 1. The van der Waals surface area contributed by atoms with Gasteiger partial charge in [0.05, 0.1) is 19.5 Å². The second-order valence-electron chi connectivity index (χ2n) is 9.77. The Morgan fingerprint density at radius 2 is 1.73 bits per heavy atom. The average molecular weight is 451 g/mol. The zero-order valence-corrected chi connectivity index (χ0v) is 19.9. The van der Waals surface area contributed by atoms with Crippen LogP contribution in [0, 0.1) is 0 Å². The molecule has 0 amide bonds. The fraction of sp³-hybridized carbons (Fsp3) is 0.478. The van der Waals surface area contributed by atoms with Gasteiger partial charge in [0.15, 0.2) is 5.82 Å². The van der Waals surface area contributed by atoms with Crippen molar-refractivity contribution in [2.24, 2.45) is 0 Å². The van der Waals surface area contributed by atoms with Crippen molar-refractivity contribution in [3.05, 3.63) is 30.6 Å². The second kappa shape index (κ2) is 8.51. The molecule has 4 rings (SSSR count). The van der Waals surface area contributed by atoms with Crippen LogP contribution < -0.4 is 15.0 Å². The molecule has 10 nitrogen and oxygen atoms in total. The molecule has 1 aromatic carbocycles. The lowest BCUT2D eigenvalue weighted by molar-refractivity contribution is 0.160. The summed E-state index contributed by atoms with van der Waals surface area (Å²) in [4.78, 5) is 10.8. The fourth-order valence-electron chi connectivity index (χ4n) is 4.64. The summed E-state index contributed by atoms with van der Waals surface area (Å²) < 4.78 is 4.98. The first-order valence-corrected chi connectivity index (χ1v) is 10.9. The van der Waals surface area contributed by atoms with E-state index in [1.165, 1.54) is 13.3 Å². The Kier molecular flexibility index (Phi) is 5.87. The highest BCUT2D eigenvalue weighted by molar-refractivity contribution is 5.71. The van der Waals surface area contributed by atoms with Gasteiger partial charge in [-0.1, -0.05) is 6.07 Å². The molecule has 2 N–H and O–H groups in total. The van der Waals surface area contributed by atoms with Crippen molar-refractivity contribution < 1.29 is 9.84 Å². The van der Waals surface area contributed by atoms with Crippen LogP contribution in [0.5, 0.6) is 11.6 Å². The molecule has 1 aliphatic rings. The maximum atomic E-state index is 10.6. The molecule has 0 atom stereocenters. The average Bonchev–Trinajstić information content (AvgIpc) is 2.77. The summed E-state index contributed by atoms with van der Waals surface area (Å²) in [5, 5.41) is 30.9. The van der Waals surface area contributed by atoms with E-state index in [9.17, 15) is 5.11 Å². The topological polar surface area (TPSA) is 122 Å². The lowest BCUT2D eigenvalue weighted by atomic mass is 9.79. The Morgan fingerprint density at radius 3 is 2.27 bits per heavy atom. The third kappa shape index (κ3) is 5.00. The zero-order valence-electron chi connectivity index (χ0n) is 19.9. The molecular weight excluding hydrogens is 420 g/mol. The summed E-state index contributed by atoms with van der Waals surface area (Å²) in [6, 6.07) is 5.39. The minimum atomic E-state index is 0.0186. The van der Waals surface area contributed by atoms with Gasteiger partial charge in [0.1, 0.15) is 11.4 Å². The van der Waals surface area contributed by atoms with E-state index in [0.29, 0.717) is 34.5 Å². The number of phenols is 1. The van der Waals surface area contributed by atoms with E-state index in [1.54, 1.807) is 24.4 Å². The van der Waals surface area contributed by atoms with Gasteiger partial charge in [0.25, 0.3) is 5.88 Å². The lowest BCUT2D eigenvalue weighted by Crippen LogP contribution is -2.62. The largest absolute Gasteiger partial charge is 0.507 e. The number of hydrogen-bond donors (Lipinski definition) is 2. The number of ether oxygens (including phenoxy) is 1. The first-order chi connectivity index (χ1) is 15.6. The monoisotopic (exact) mass is 450 g/mol. The Balaban J connectivity index is 1.53. The van der Waals surface area contributed by atoms with E-state index in [2.05, 4.69) is 68.3 Å². The van der Waals surface area contributed by atoms with Gasteiger partial charge in [-0.3, -0.25) is 0 Å². The van der Waals surface area contributed by atoms with Crippen LogP contribution in [0.15, 0.2) is 30.6 Å². The number of anilines is 1. The number of aromatic hydroxyl groups is 1. The van der Waals surface area contributed by atoms with Crippen LogP contribution in [0.3, 0.4) is 0 Å². The Labute approximate surface area is 193 Å². The summed E-state index contributed by atoms with van der Waals surface area (Å²) >= 11 is 0. The summed E-state index contributed by atoms with van der Waals surface area (Å²) in [6.45, 7) is 8.87. The molecule has 0 bridgehead atoms. The second-order valence-corrected chi connectivity index (χ2v) is 9.77. The van der Waals surface area contributed by atoms with Crippen molar-refractivity contribution in [3.63, 3.8) is 0 Å². The quantitative estimate of drug-likeness (QED) is 0.600. The molecular formula is C23H30N8O2. The molecule has 1 aliphatic heterocycles. The number of piperidine rings is 1. The van der Waals surface area contributed by atoms with E-state index in [-0.39, 0.29) is 22.9 Å². The molecule has 3 aromatic rings. The summed E-state index contributed by atoms with van der Waals surface area (Å²) in [5.74, 6) is 1.30. The molecule has 3 heterocycles. The summed E-state index contributed by atoms with van der Waals surface area (Å²) in [6.07, 6.45) is 5.06. The lowest BCUT2D eigenvalue weighted by Gasteiger charge is -2.48. The van der Waals surface area contributed by atoms with Crippen LogP contribution in [0.25, 0.3) is 22.6 Å². The third-order valence-electron chi connectivity index (χ3n) is 5.86. The maximum absolute atomic E-state index is 10.6. The van der Waals surface area contributed by atoms with Crippen molar-refractivity contribution in [2.45, 2.75) is 57.7 Å². The van der Waals surface area contributed by atoms with Crippen LogP contribution in [-0.4, -0.2) is 66.7 Å². The van der Waals surface area contributed by atoms with Gasteiger partial charge in [0, 0.05) is 35.3 Å². The minimum absolute atomic E-state index is 0.0186. The van der Waals surface area contributed by atoms with Gasteiger partial charge in [0.2, 0.25) is 5.95 Å². The molecule has 1 fully saturated rings. The van der Waals surface area contributed by atoms with Crippen LogP contribution in [0.1, 0.15) is 40.5 Å². The zero-order chi connectivity index (χ0) is 23.8. The number of rotatable bonds is 5. The van der Waals surface area contributed by atoms with Crippen LogP contribution in [0.2, 0.25) is 0 Å². The molecule has 0 unspecified atom stereocenters. The van der Waals surface area contributed by atoms with Gasteiger partial charge in [-0.15, -0.1) is 20.4 Å². The smallest absolute Gasteiger partial charge is 0.251 e. The normalized spacial score (nSPS) is 17.5. The van der Waals surface area contributed by atoms with Gasteiger partial charge >= 0.3 is 0 Å². The van der Waals surface area contributed by atoms with Gasteiger partial charge in [-0.2, -0.15) is 0 Å². The molecule has 33 heavy (non-hydrogen) atoms. The molecule has 0 radical (unpaired) electrons. The molecule has 0 saturated carbocycles. The minimum Gasteiger partial charge on any atom is -0.507 e. The van der Waals surface area contributed by atoms with Crippen molar-refractivity contribution >= 4 is 5.95 Å². The Bertz CT molecular complexity index is 1100. The van der Waals surface area contributed by atoms with Crippen LogP contribution in [-0.2, 0) is 0 Å². The van der Waals surface area contributed by atoms with Crippen LogP contribution in [0.4, 0.5) is 5.95 Å². The van der Waals surface area contributed by atoms with E-state index in [0.717, 1.165) is 12.8 Å². The van der Waals surface area contributed by atoms with Gasteiger partial charge in [-0.05, 0) is 52.7 Å². The summed E-state index contributed by atoms with van der Waals surface area (Å²) in [5.41, 5.74) is 1.67. The number of benzene rings is 1. The van der Waals surface area contributed by atoms with Gasteiger partial charge in [-0.25, -0.2) is 9.97 Å². The van der Waals surface area contributed by atoms with Crippen molar-refractivity contribution in [3.8, 4) is 34.3 Å². The maximum Gasteiger partial charge on any atom is 0.251 e. The Hall–Kier alpha value is -3.40. The standard InChI is InChI=1S/C23H30N8O2/c1-22(2)10-15(11-23(3,4)30-22)31(5)21-25-12-17(26-29-21)16-8-7-14(9-18(16)32)20-24-13-19(33-6)27-28-20/h7-9,12-13,15,30,32H,10-11H2,1-6H3. The van der Waals surface area contributed by atoms with Crippen molar-refractivity contribution in [2.75, 3.05) is 19.1 Å². The molecule has 2 aromatic heterocycles. The number of nitrogens with zero attached hydrogens (tertiary/aromatic N) is 7. The number of aromatic nitrogens is 6. The van der Waals surface area contributed by atoms with E-state index in [1.807, 2.05) is 7.05 Å². The van der Waals surface area contributed by atoms with E-state index in [4.69, 9.17) is 4.74 Å². The van der Waals surface area contributed by atoms with Gasteiger partial charge < -0.3 is 20.1 Å². The fourth-order valence-corrected chi connectivity index (χ4v) is 4.64. The molecule has 1 saturated heterocycles. The van der Waals surface area contributed by atoms with Crippen LogP contribution >= 0.6 is 0 Å². The predicted octanol–water partition coefficient (Wildman–Crippen LogP) is 2.85. The molecule has 0 aliphatic carbocycles. The number of hydrogen-bond acceptors (Lipinski definition) is 10. The highest BCUT2D eigenvalue weighted by Crippen LogP contribution is 2.33. The number of methoxy groups -OCH3 is 1.